The molecule has 0 aromatic heterocycles. The molecule has 0 aliphatic carbocycles. The number of amidine groups is 1. The Labute approximate surface area is 49.4 Å². The van der Waals surface area contributed by atoms with Gasteiger partial charge in [-0.2, -0.15) is 0 Å². The van der Waals surface area contributed by atoms with Crippen molar-refractivity contribution in [2.45, 2.75) is 6.92 Å². The molecule has 0 fully saturated rings. The largest absolute Gasteiger partial charge is 0.387 e. The quantitative estimate of drug-likeness (QED) is 0.322. The molecule has 2 nitrogen and oxygen atoms in total. The van der Waals surface area contributed by atoms with E-state index >= 15 is 0 Å². The predicted molar refractivity (Wildman–Crippen MR) is 36.6 cm³/mol. The molecule has 0 amide bonds. The highest BCUT2D eigenvalue weighted by molar-refractivity contribution is 5.77. The van der Waals surface area contributed by atoms with Crippen LogP contribution in [0.3, 0.4) is 0 Å². The summed E-state index contributed by atoms with van der Waals surface area (Å²) in [5.41, 5.74) is 5.20. The minimum absolute atomic E-state index is 0.558. The number of nitrogens with zero attached hydrogens (tertiary/aromatic N) is 1. The van der Waals surface area contributed by atoms with Crippen molar-refractivity contribution in [3.05, 3.63) is 24.9 Å². The highest BCUT2D eigenvalue weighted by Crippen LogP contribution is 1.74. The molecule has 44 valence electrons. The normalized spacial score (nSPS) is 12.4. The van der Waals surface area contributed by atoms with Gasteiger partial charge in [-0.1, -0.05) is 12.7 Å². The van der Waals surface area contributed by atoms with E-state index in [0.29, 0.717) is 5.84 Å². The number of hydrogen-bond acceptors (Lipinski definition) is 1. The van der Waals surface area contributed by atoms with Crippen molar-refractivity contribution in [1.29, 1.82) is 0 Å². The maximum Gasteiger partial charge on any atom is 0.0957 e. The SMILES string of the molecule is C=C/C=C\N=C(/C)N. The lowest BCUT2D eigenvalue weighted by Crippen LogP contribution is -2.03. The predicted octanol–water partition coefficient (Wildman–Crippen LogP) is 1.06. The van der Waals surface area contributed by atoms with Crippen molar-refractivity contribution in [1.82, 2.24) is 0 Å². The second-order valence-electron chi connectivity index (χ2n) is 1.35. The molecule has 0 aliphatic rings. The molecule has 0 aromatic carbocycles. The van der Waals surface area contributed by atoms with Crippen molar-refractivity contribution < 1.29 is 0 Å². The molecule has 0 unspecified atom stereocenters. The smallest absolute Gasteiger partial charge is 0.0957 e. The van der Waals surface area contributed by atoms with Crippen LogP contribution in [0.4, 0.5) is 0 Å². The van der Waals surface area contributed by atoms with E-state index in [1.54, 1.807) is 25.3 Å². The Morgan fingerprint density at radius 3 is 2.75 bits per heavy atom. The Kier molecular flexibility index (Phi) is 3.58. The highest BCUT2D eigenvalue weighted by atomic mass is 14.8. The van der Waals surface area contributed by atoms with Gasteiger partial charge in [-0.05, 0) is 13.0 Å². The fraction of sp³-hybridized carbons (Fsp3) is 0.167. The third-order valence-corrected chi connectivity index (χ3v) is 0.500. The molecular formula is C6H10N2. The van der Waals surface area contributed by atoms with Gasteiger partial charge in [0.15, 0.2) is 0 Å². The summed E-state index contributed by atoms with van der Waals surface area (Å²) >= 11 is 0. The van der Waals surface area contributed by atoms with Crippen molar-refractivity contribution in [3.8, 4) is 0 Å². The van der Waals surface area contributed by atoms with Gasteiger partial charge in [0.05, 0.1) is 5.84 Å². The van der Waals surface area contributed by atoms with E-state index in [4.69, 9.17) is 5.73 Å². The van der Waals surface area contributed by atoms with Crippen LogP contribution in [0.5, 0.6) is 0 Å². The molecule has 8 heavy (non-hydrogen) atoms. The maximum atomic E-state index is 5.20. The van der Waals surface area contributed by atoms with Gasteiger partial charge in [-0.25, -0.2) is 4.99 Å². The second kappa shape index (κ2) is 4.12. The number of nitrogens with two attached hydrogens (primary N) is 1. The Morgan fingerprint density at radius 1 is 1.75 bits per heavy atom. The van der Waals surface area contributed by atoms with Gasteiger partial charge in [0, 0.05) is 6.20 Å². The average Bonchev–Trinajstić information content (AvgIpc) is 1.66. The molecule has 0 bridgehead atoms. The molecule has 0 heterocycles. The summed E-state index contributed by atoms with van der Waals surface area (Å²) in [7, 11) is 0. The Bertz CT molecular complexity index is 118. The van der Waals surface area contributed by atoms with Gasteiger partial charge in [0.2, 0.25) is 0 Å². The molecule has 0 atom stereocenters. The lowest BCUT2D eigenvalue weighted by molar-refractivity contribution is 1.47. The van der Waals surface area contributed by atoms with Crippen LogP contribution in [0, 0.1) is 0 Å². The second-order valence-corrected chi connectivity index (χ2v) is 1.35. The molecule has 0 aliphatic heterocycles. The molecule has 2 N–H and O–H groups in total. The minimum Gasteiger partial charge on any atom is -0.387 e. The van der Waals surface area contributed by atoms with Crippen LogP contribution >= 0.6 is 0 Å². The van der Waals surface area contributed by atoms with Crippen LogP contribution in [0.1, 0.15) is 6.92 Å². The van der Waals surface area contributed by atoms with Crippen molar-refractivity contribution >= 4 is 5.84 Å². The fourth-order valence-electron chi connectivity index (χ4n) is 0.221. The summed E-state index contributed by atoms with van der Waals surface area (Å²) in [5.74, 6) is 0.558. The topological polar surface area (TPSA) is 38.4 Å². The van der Waals surface area contributed by atoms with E-state index in [0.717, 1.165) is 0 Å². The van der Waals surface area contributed by atoms with E-state index < -0.39 is 0 Å². The fourth-order valence-corrected chi connectivity index (χ4v) is 0.221. The van der Waals surface area contributed by atoms with Crippen LogP contribution in [-0.4, -0.2) is 5.84 Å². The van der Waals surface area contributed by atoms with Gasteiger partial charge in [-0.3, -0.25) is 0 Å². The minimum atomic E-state index is 0.558. The molecule has 0 spiro atoms. The van der Waals surface area contributed by atoms with Crippen LogP contribution in [0.2, 0.25) is 0 Å². The van der Waals surface area contributed by atoms with E-state index in [1.807, 2.05) is 0 Å². The van der Waals surface area contributed by atoms with Crippen molar-refractivity contribution in [2.75, 3.05) is 0 Å². The summed E-state index contributed by atoms with van der Waals surface area (Å²) in [6, 6.07) is 0. The molecular weight excluding hydrogens is 100 g/mol. The molecule has 0 saturated carbocycles. The first-order chi connectivity index (χ1) is 3.77. The lowest BCUT2D eigenvalue weighted by atomic mass is 10.6. The van der Waals surface area contributed by atoms with E-state index in [-0.39, 0.29) is 0 Å². The van der Waals surface area contributed by atoms with Gasteiger partial charge < -0.3 is 5.73 Å². The first-order valence-electron chi connectivity index (χ1n) is 2.35. The molecule has 0 radical (unpaired) electrons. The van der Waals surface area contributed by atoms with Crippen LogP contribution in [0.25, 0.3) is 0 Å². The van der Waals surface area contributed by atoms with Crippen LogP contribution in [0.15, 0.2) is 29.9 Å². The first kappa shape index (κ1) is 6.95. The van der Waals surface area contributed by atoms with E-state index in [1.165, 1.54) is 0 Å². The molecule has 0 aromatic rings. The van der Waals surface area contributed by atoms with Crippen molar-refractivity contribution in [3.63, 3.8) is 0 Å². The third kappa shape index (κ3) is 4.95. The number of hydrogen-bond donors (Lipinski definition) is 1. The van der Waals surface area contributed by atoms with E-state index in [9.17, 15) is 0 Å². The number of rotatable bonds is 2. The summed E-state index contributed by atoms with van der Waals surface area (Å²) in [4.78, 5) is 3.76. The zero-order chi connectivity index (χ0) is 6.41. The van der Waals surface area contributed by atoms with Gasteiger partial charge >= 0.3 is 0 Å². The first-order valence-corrected chi connectivity index (χ1v) is 2.35. The molecule has 0 rings (SSSR count). The summed E-state index contributed by atoms with van der Waals surface area (Å²) in [5, 5.41) is 0. The molecule has 0 saturated heterocycles. The Hall–Kier alpha value is -1.05. The van der Waals surface area contributed by atoms with Gasteiger partial charge in [0.25, 0.3) is 0 Å². The van der Waals surface area contributed by atoms with Gasteiger partial charge in [-0.15, -0.1) is 0 Å². The Morgan fingerprint density at radius 2 is 2.38 bits per heavy atom. The van der Waals surface area contributed by atoms with Crippen LogP contribution in [-0.2, 0) is 0 Å². The number of aliphatic imine (C=N–C) groups is 1. The summed E-state index contributed by atoms with van der Waals surface area (Å²) in [6.07, 6.45) is 4.96. The van der Waals surface area contributed by atoms with Crippen molar-refractivity contribution in [2.24, 2.45) is 10.7 Å². The van der Waals surface area contributed by atoms with E-state index in [2.05, 4.69) is 11.6 Å². The zero-order valence-corrected chi connectivity index (χ0v) is 4.96. The Balaban J connectivity index is 3.57. The zero-order valence-electron chi connectivity index (χ0n) is 4.96. The van der Waals surface area contributed by atoms with Gasteiger partial charge in [0.1, 0.15) is 0 Å². The third-order valence-electron chi connectivity index (χ3n) is 0.500. The standard InChI is InChI=1S/C6H10N2/c1-3-4-5-8-6(2)7/h3-5H,1H2,2H3,(H2,7,8)/b5-4-. The van der Waals surface area contributed by atoms with Crippen LogP contribution < -0.4 is 5.73 Å². The molecule has 2 heteroatoms. The average molecular weight is 110 g/mol. The summed E-state index contributed by atoms with van der Waals surface area (Å²) in [6.45, 7) is 5.19. The highest BCUT2D eigenvalue weighted by Gasteiger charge is 1.67. The number of allylic oxidation sites excluding steroid dienone is 2. The monoisotopic (exact) mass is 110 g/mol. The maximum absolute atomic E-state index is 5.20. The summed E-state index contributed by atoms with van der Waals surface area (Å²) < 4.78 is 0. The lowest BCUT2D eigenvalue weighted by Gasteiger charge is -1.79.